The summed E-state index contributed by atoms with van der Waals surface area (Å²) in [6, 6.07) is 15.4. The molecule has 0 radical (unpaired) electrons. The molecule has 0 atom stereocenters. The minimum absolute atomic E-state index is 0.715. The van der Waals surface area contributed by atoms with Crippen LogP contribution < -0.4 is 10.2 Å². The highest BCUT2D eigenvalue weighted by molar-refractivity contribution is 7.14. The number of hydrazone groups is 1. The zero-order chi connectivity index (χ0) is 16.9. The van der Waals surface area contributed by atoms with Crippen molar-refractivity contribution in [3.63, 3.8) is 0 Å². The summed E-state index contributed by atoms with van der Waals surface area (Å²) >= 11 is 7.42. The van der Waals surface area contributed by atoms with E-state index >= 15 is 0 Å². The molecule has 1 N–H and O–H groups in total. The van der Waals surface area contributed by atoms with Crippen LogP contribution in [0.1, 0.15) is 12.5 Å². The standard InChI is InChI=1S/C18H16ClN3OS/c1-12(13-5-9-16(23-2)10-6-13)21-22-18-20-17(11-24-18)14-3-7-15(19)8-4-14/h3-11H,1-2H3,(H,20,22). The van der Waals surface area contributed by atoms with Crippen molar-refractivity contribution in [2.45, 2.75) is 6.92 Å². The van der Waals surface area contributed by atoms with Gasteiger partial charge in [-0.15, -0.1) is 11.3 Å². The van der Waals surface area contributed by atoms with E-state index in [0.717, 1.165) is 33.4 Å². The zero-order valence-corrected chi connectivity index (χ0v) is 14.9. The van der Waals surface area contributed by atoms with Gasteiger partial charge in [-0.3, -0.25) is 5.43 Å². The second-order valence-electron chi connectivity index (χ2n) is 5.08. The molecule has 0 saturated heterocycles. The SMILES string of the molecule is COc1ccc(C(C)=NNc2nc(-c3ccc(Cl)cc3)cs2)cc1. The number of ether oxygens (including phenoxy) is 1. The molecule has 3 aromatic rings. The molecule has 0 saturated carbocycles. The topological polar surface area (TPSA) is 46.5 Å². The lowest BCUT2D eigenvalue weighted by Gasteiger charge is -2.03. The Balaban J connectivity index is 1.70. The molecule has 0 spiro atoms. The summed E-state index contributed by atoms with van der Waals surface area (Å²) in [4.78, 5) is 4.54. The fraction of sp³-hybridized carbons (Fsp3) is 0.111. The Morgan fingerprint density at radius 2 is 1.83 bits per heavy atom. The van der Waals surface area contributed by atoms with Gasteiger partial charge in [0.1, 0.15) is 5.75 Å². The third kappa shape index (κ3) is 3.93. The molecule has 122 valence electrons. The summed E-state index contributed by atoms with van der Waals surface area (Å²) in [6.07, 6.45) is 0. The van der Waals surface area contributed by atoms with Crippen LogP contribution in [0.3, 0.4) is 0 Å². The molecule has 2 aromatic carbocycles. The lowest BCUT2D eigenvalue weighted by molar-refractivity contribution is 0.415. The van der Waals surface area contributed by atoms with Crippen LogP contribution in [0.5, 0.6) is 5.75 Å². The number of aromatic nitrogens is 1. The van der Waals surface area contributed by atoms with Crippen molar-refractivity contribution in [1.82, 2.24) is 4.98 Å². The lowest BCUT2D eigenvalue weighted by Crippen LogP contribution is -1.99. The van der Waals surface area contributed by atoms with E-state index in [2.05, 4.69) is 15.5 Å². The molecule has 0 aliphatic rings. The van der Waals surface area contributed by atoms with E-state index in [4.69, 9.17) is 16.3 Å². The van der Waals surface area contributed by atoms with Crippen LogP contribution in [0.4, 0.5) is 5.13 Å². The van der Waals surface area contributed by atoms with Gasteiger partial charge in [-0.05, 0) is 48.9 Å². The third-order valence-electron chi connectivity index (χ3n) is 3.47. The van der Waals surface area contributed by atoms with Crippen molar-refractivity contribution in [2.75, 3.05) is 12.5 Å². The highest BCUT2D eigenvalue weighted by atomic mass is 35.5. The van der Waals surface area contributed by atoms with Gasteiger partial charge in [0.05, 0.1) is 18.5 Å². The molecule has 24 heavy (non-hydrogen) atoms. The number of hydrogen-bond acceptors (Lipinski definition) is 5. The Bertz CT molecular complexity index is 841. The zero-order valence-electron chi connectivity index (χ0n) is 13.3. The number of rotatable bonds is 5. The number of anilines is 1. The monoisotopic (exact) mass is 357 g/mol. The summed E-state index contributed by atoms with van der Waals surface area (Å²) in [5.41, 5.74) is 6.84. The second kappa shape index (κ2) is 7.47. The minimum Gasteiger partial charge on any atom is -0.497 e. The predicted octanol–water partition coefficient (Wildman–Crippen LogP) is 5.31. The number of benzene rings is 2. The van der Waals surface area contributed by atoms with E-state index in [0.29, 0.717) is 5.02 Å². The maximum atomic E-state index is 5.91. The van der Waals surface area contributed by atoms with Gasteiger partial charge < -0.3 is 4.74 Å². The molecule has 3 rings (SSSR count). The maximum Gasteiger partial charge on any atom is 0.203 e. The van der Waals surface area contributed by atoms with Crippen LogP contribution >= 0.6 is 22.9 Å². The normalized spacial score (nSPS) is 11.4. The summed E-state index contributed by atoms with van der Waals surface area (Å²) in [5, 5.41) is 7.84. The van der Waals surface area contributed by atoms with E-state index in [-0.39, 0.29) is 0 Å². The van der Waals surface area contributed by atoms with Crippen molar-refractivity contribution < 1.29 is 4.74 Å². The van der Waals surface area contributed by atoms with Gasteiger partial charge in [0.25, 0.3) is 0 Å². The average molecular weight is 358 g/mol. The van der Waals surface area contributed by atoms with Crippen LogP contribution in [0.25, 0.3) is 11.3 Å². The molecule has 1 heterocycles. The van der Waals surface area contributed by atoms with Gasteiger partial charge >= 0.3 is 0 Å². The first-order valence-corrected chi connectivity index (χ1v) is 8.57. The number of methoxy groups -OCH3 is 1. The largest absolute Gasteiger partial charge is 0.497 e. The molecular weight excluding hydrogens is 342 g/mol. The number of nitrogens with zero attached hydrogens (tertiary/aromatic N) is 2. The molecule has 0 unspecified atom stereocenters. The fourth-order valence-electron chi connectivity index (χ4n) is 2.11. The first kappa shape index (κ1) is 16.5. The van der Waals surface area contributed by atoms with E-state index in [1.54, 1.807) is 7.11 Å². The summed E-state index contributed by atoms with van der Waals surface area (Å²) in [7, 11) is 1.65. The lowest BCUT2D eigenvalue weighted by atomic mass is 10.1. The molecule has 0 bridgehead atoms. The minimum atomic E-state index is 0.715. The molecule has 1 aromatic heterocycles. The Hall–Kier alpha value is -2.37. The number of hydrogen-bond donors (Lipinski definition) is 1. The van der Waals surface area contributed by atoms with Gasteiger partial charge in [-0.2, -0.15) is 5.10 Å². The van der Waals surface area contributed by atoms with Crippen molar-refractivity contribution in [3.8, 4) is 17.0 Å². The van der Waals surface area contributed by atoms with Gasteiger partial charge in [0.15, 0.2) is 0 Å². The third-order valence-corrected chi connectivity index (χ3v) is 4.47. The highest BCUT2D eigenvalue weighted by Gasteiger charge is 2.04. The highest BCUT2D eigenvalue weighted by Crippen LogP contribution is 2.26. The Morgan fingerprint density at radius 1 is 1.12 bits per heavy atom. The van der Waals surface area contributed by atoms with Gasteiger partial charge in [0, 0.05) is 16.0 Å². The van der Waals surface area contributed by atoms with Crippen molar-refractivity contribution in [3.05, 3.63) is 64.5 Å². The van der Waals surface area contributed by atoms with Crippen molar-refractivity contribution in [1.29, 1.82) is 0 Å². The Kier molecular flexibility index (Phi) is 5.13. The van der Waals surface area contributed by atoms with E-state index in [9.17, 15) is 0 Å². The van der Waals surface area contributed by atoms with Crippen LogP contribution in [0.15, 0.2) is 59.0 Å². The number of halogens is 1. The second-order valence-corrected chi connectivity index (χ2v) is 6.38. The van der Waals surface area contributed by atoms with Crippen LogP contribution in [0.2, 0.25) is 5.02 Å². The molecule has 0 aliphatic heterocycles. The maximum absolute atomic E-state index is 5.91. The average Bonchev–Trinajstić information content (AvgIpc) is 3.09. The fourth-order valence-corrected chi connectivity index (χ4v) is 2.89. The van der Waals surface area contributed by atoms with Gasteiger partial charge in [-0.1, -0.05) is 23.7 Å². The van der Waals surface area contributed by atoms with Gasteiger partial charge in [0.2, 0.25) is 5.13 Å². The molecule has 0 fully saturated rings. The first-order chi connectivity index (χ1) is 11.7. The van der Waals surface area contributed by atoms with E-state index < -0.39 is 0 Å². The van der Waals surface area contributed by atoms with Crippen LogP contribution in [-0.4, -0.2) is 17.8 Å². The smallest absolute Gasteiger partial charge is 0.203 e. The van der Waals surface area contributed by atoms with Gasteiger partial charge in [-0.25, -0.2) is 4.98 Å². The number of nitrogens with one attached hydrogen (secondary N) is 1. The quantitative estimate of drug-likeness (QED) is 0.497. The molecule has 0 amide bonds. The van der Waals surface area contributed by atoms with E-state index in [1.807, 2.05) is 60.8 Å². The van der Waals surface area contributed by atoms with Crippen molar-refractivity contribution >= 4 is 33.8 Å². The first-order valence-electron chi connectivity index (χ1n) is 7.32. The summed E-state index contributed by atoms with van der Waals surface area (Å²) in [6.45, 7) is 1.95. The summed E-state index contributed by atoms with van der Waals surface area (Å²) < 4.78 is 5.16. The molecule has 0 aliphatic carbocycles. The molecular formula is C18H16ClN3OS. The van der Waals surface area contributed by atoms with Crippen molar-refractivity contribution in [2.24, 2.45) is 5.10 Å². The molecule has 4 nitrogen and oxygen atoms in total. The summed E-state index contributed by atoms with van der Waals surface area (Å²) in [5.74, 6) is 0.826. The number of thiazole rings is 1. The Labute approximate surface area is 149 Å². The Morgan fingerprint density at radius 3 is 2.50 bits per heavy atom. The van der Waals surface area contributed by atoms with Crippen LogP contribution in [0, 0.1) is 0 Å². The predicted molar refractivity (Wildman–Crippen MR) is 101 cm³/mol. The molecule has 6 heteroatoms. The van der Waals surface area contributed by atoms with Crippen LogP contribution in [-0.2, 0) is 0 Å². The van der Waals surface area contributed by atoms with E-state index in [1.165, 1.54) is 11.3 Å².